The maximum absolute atomic E-state index is 10.9. The largest absolute Gasteiger partial charge is 0.269 e. The number of benzene rings is 3. The molecule has 1 unspecified atom stereocenters. The fourth-order valence-corrected chi connectivity index (χ4v) is 3.35. The Hall–Kier alpha value is -3.18. The number of nitro benzene ring substituents is 1. The SMILES string of the molecule is O=[N+]([O-])c1ccc(N2N=C(c3ccc(Cl)cc3)CC2c2ccccc2)cc1. The van der Waals surface area contributed by atoms with E-state index in [1.165, 1.54) is 12.1 Å². The average molecular weight is 378 g/mol. The van der Waals surface area contributed by atoms with E-state index in [0.29, 0.717) is 5.02 Å². The zero-order chi connectivity index (χ0) is 18.8. The molecule has 0 N–H and O–H groups in total. The molecule has 1 heterocycles. The van der Waals surface area contributed by atoms with E-state index < -0.39 is 4.92 Å². The van der Waals surface area contributed by atoms with E-state index in [9.17, 15) is 10.1 Å². The molecule has 6 heteroatoms. The average Bonchev–Trinajstić information content (AvgIpc) is 3.15. The lowest BCUT2D eigenvalue weighted by Gasteiger charge is -2.23. The lowest BCUT2D eigenvalue weighted by molar-refractivity contribution is -0.384. The fourth-order valence-electron chi connectivity index (χ4n) is 3.23. The van der Waals surface area contributed by atoms with Crippen LogP contribution in [-0.4, -0.2) is 10.6 Å². The Kier molecular flexibility index (Phi) is 4.60. The Morgan fingerprint density at radius 3 is 2.26 bits per heavy atom. The Bertz CT molecular complexity index is 986. The van der Waals surface area contributed by atoms with E-state index in [1.807, 2.05) is 47.5 Å². The summed E-state index contributed by atoms with van der Waals surface area (Å²) in [6.07, 6.45) is 0.739. The third-order valence-electron chi connectivity index (χ3n) is 4.60. The topological polar surface area (TPSA) is 58.7 Å². The smallest absolute Gasteiger partial charge is 0.258 e. The van der Waals surface area contributed by atoms with Gasteiger partial charge in [-0.25, -0.2) is 0 Å². The highest BCUT2D eigenvalue weighted by molar-refractivity contribution is 6.30. The minimum atomic E-state index is -0.398. The molecule has 4 rings (SSSR count). The van der Waals surface area contributed by atoms with Gasteiger partial charge in [0.15, 0.2) is 0 Å². The van der Waals surface area contributed by atoms with Gasteiger partial charge >= 0.3 is 0 Å². The molecule has 1 aliphatic heterocycles. The molecule has 0 saturated heterocycles. The standard InChI is InChI=1S/C21H16ClN3O2/c22-17-8-6-15(7-9-17)20-14-21(16-4-2-1-3-5-16)24(23-20)18-10-12-19(13-11-18)25(26)27/h1-13,21H,14H2. The van der Waals surface area contributed by atoms with Gasteiger partial charge < -0.3 is 0 Å². The molecule has 0 aromatic heterocycles. The number of hydrogen-bond acceptors (Lipinski definition) is 4. The van der Waals surface area contributed by atoms with E-state index in [4.69, 9.17) is 16.7 Å². The van der Waals surface area contributed by atoms with Crippen LogP contribution in [0.4, 0.5) is 11.4 Å². The molecule has 0 spiro atoms. The number of rotatable bonds is 4. The summed E-state index contributed by atoms with van der Waals surface area (Å²) < 4.78 is 0. The van der Waals surface area contributed by atoms with Crippen LogP contribution in [0.25, 0.3) is 0 Å². The zero-order valence-corrected chi connectivity index (χ0v) is 15.1. The van der Waals surface area contributed by atoms with Crippen LogP contribution in [0.2, 0.25) is 5.02 Å². The molecule has 0 aliphatic carbocycles. The van der Waals surface area contributed by atoms with Gasteiger partial charge in [0.1, 0.15) is 0 Å². The summed E-state index contributed by atoms with van der Waals surface area (Å²) in [4.78, 5) is 10.5. The van der Waals surface area contributed by atoms with Crippen molar-refractivity contribution in [2.24, 2.45) is 5.10 Å². The van der Waals surface area contributed by atoms with Gasteiger partial charge in [0.25, 0.3) is 5.69 Å². The lowest BCUT2D eigenvalue weighted by Crippen LogP contribution is -2.18. The van der Waals surface area contributed by atoms with Crippen molar-refractivity contribution in [3.63, 3.8) is 0 Å². The lowest BCUT2D eigenvalue weighted by atomic mass is 9.98. The number of hydrogen-bond donors (Lipinski definition) is 0. The molecule has 1 atom stereocenters. The second-order valence-electron chi connectivity index (χ2n) is 6.30. The molecule has 0 amide bonds. The van der Waals surface area contributed by atoms with Crippen LogP contribution < -0.4 is 5.01 Å². The number of nitro groups is 1. The zero-order valence-electron chi connectivity index (χ0n) is 14.3. The number of halogens is 1. The summed E-state index contributed by atoms with van der Waals surface area (Å²) in [5.41, 5.74) is 4.00. The van der Waals surface area contributed by atoms with Crippen LogP contribution in [0.5, 0.6) is 0 Å². The first-order chi connectivity index (χ1) is 13.1. The van der Waals surface area contributed by atoms with Gasteiger partial charge in [-0.15, -0.1) is 0 Å². The van der Waals surface area contributed by atoms with Crippen LogP contribution in [0, 0.1) is 10.1 Å². The van der Waals surface area contributed by atoms with Crippen LogP contribution in [0.3, 0.4) is 0 Å². The fraction of sp³-hybridized carbons (Fsp3) is 0.0952. The highest BCUT2D eigenvalue weighted by atomic mass is 35.5. The van der Waals surface area contributed by atoms with E-state index in [-0.39, 0.29) is 11.7 Å². The predicted molar refractivity (Wildman–Crippen MR) is 107 cm³/mol. The van der Waals surface area contributed by atoms with Crippen LogP contribution in [0.1, 0.15) is 23.6 Å². The molecule has 3 aromatic rings. The van der Waals surface area contributed by atoms with E-state index in [2.05, 4.69) is 12.1 Å². The molecule has 0 bridgehead atoms. The van der Waals surface area contributed by atoms with E-state index >= 15 is 0 Å². The number of anilines is 1. The van der Waals surface area contributed by atoms with Crippen molar-refractivity contribution in [2.75, 3.05) is 5.01 Å². The maximum Gasteiger partial charge on any atom is 0.269 e. The predicted octanol–water partition coefficient (Wildman–Crippen LogP) is 5.60. The molecule has 3 aromatic carbocycles. The Morgan fingerprint density at radius 2 is 1.63 bits per heavy atom. The van der Waals surface area contributed by atoms with Gasteiger partial charge in [-0.2, -0.15) is 5.10 Å². The van der Waals surface area contributed by atoms with E-state index in [0.717, 1.165) is 28.9 Å². The highest BCUT2D eigenvalue weighted by Crippen LogP contribution is 2.37. The monoisotopic (exact) mass is 377 g/mol. The summed E-state index contributed by atoms with van der Waals surface area (Å²) in [6.45, 7) is 0. The minimum Gasteiger partial charge on any atom is -0.258 e. The minimum absolute atomic E-state index is 0.0262. The number of non-ortho nitro benzene ring substituents is 1. The number of nitrogens with zero attached hydrogens (tertiary/aromatic N) is 3. The van der Waals surface area contributed by atoms with Gasteiger partial charge in [0.2, 0.25) is 0 Å². The van der Waals surface area contributed by atoms with Crippen molar-refractivity contribution >= 4 is 28.7 Å². The van der Waals surface area contributed by atoms with Crippen molar-refractivity contribution < 1.29 is 4.92 Å². The second-order valence-corrected chi connectivity index (χ2v) is 6.74. The molecule has 134 valence electrons. The maximum atomic E-state index is 10.9. The quantitative estimate of drug-likeness (QED) is 0.439. The number of hydrazone groups is 1. The molecule has 1 aliphatic rings. The first kappa shape index (κ1) is 17.2. The Labute approximate surface area is 161 Å². The van der Waals surface area contributed by atoms with Crippen molar-refractivity contribution in [2.45, 2.75) is 12.5 Å². The van der Waals surface area contributed by atoms with Crippen molar-refractivity contribution in [1.82, 2.24) is 0 Å². The summed E-state index contributed by atoms with van der Waals surface area (Å²) in [5, 5.41) is 18.4. The Balaban J connectivity index is 1.73. The van der Waals surface area contributed by atoms with Gasteiger partial charge in [-0.1, -0.05) is 54.1 Å². The molecule has 27 heavy (non-hydrogen) atoms. The van der Waals surface area contributed by atoms with Crippen molar-refractivity contribution in [1.29, 1.82) is 0 Å². The third-order valence-corrected chi connectivity index (χ3v) is 4.85. The second kappa shape index (κ2) is 7.21. The van der Waals surface area contributed by atoms with Crippen molar-refractivity contribution in [3.05, 3.63) is 105 Å². The van der Waals surface area contributed by atoms with Crippen LogP contribution in [0.15, 0.2) is 84.0 Å². The molecular formula is C21H16ClN3O2. The molecule has 5 nitrogen and oxygen atoms in total. The van der Waals surface area contributed by atoms with Crippen molar-refractivity contribution in [3.8, 4) is 0 Å². The van der Waals surface area contributed by atoms with Gasteiger partial charge in [0, 0.05) is 23.6 Å². The highest BCUT2D eigenvalue weighted by Gasteiger charge is 2.30. The molecular weight excluding hydrogens is 362 g/mol. The van der Waals surface area contributed by atoms with E-state index in [1.54, 1.807) is 12.1 Å². The van der Waals surface area contributed by atoms with Crippen LogP contribution >= 0.6 is 11.6 Å². The molecule has 0 radical (unpaired) electrons. The first-order valence-electron chi connectivity index (χ1n) is 8.54. The molecule has 0 saturated carbocycles. The summed E-state index contributed by atoms with van der Waals surface area (Å²) in [6, 6.07) is 24.3. The first-order valence-corrected chi connectivity index (χ1v) is 8.92. The third kappa shape index (κ3) is 3.55. The molecule has 0 fully saturated rings. The van der Waals surface area contributed by atoms with Gasteiger partial charge in [-0.05, 0) is 35.4 Å². The normalized spacial score (nSPS) is 16.3. The summed E-state index contributed by atoms with van der Waals surface area (Å²) in [5.74, 6) is 0. The summed E-state index contributed by atoms with van der Waals surface area (Å²) in [7, 11) is 0. The van der Waals surface area contributed by atoms with Gasteiger partial charge in [-0.3, -0.25) is 15.1 Å². The van der Waals surface area contributed by atoms with Crippen LogP contribution in [-0.2, 0) is 0 Å². The Morgan fingerprint density at radius 1 is 0.963 bits per heavy atom. The van der Waals surface area contributed by atoms with Gasteiger partial charge in [0.05, 0.1) is 22.4 Å². The summed E-state index contributed by atoms with van der Waals surface area (Å²) >= 11 is 6.00.